The monoisotopic (exact) mass is 278 g/mol. The van der Waals surface area contributed by atoms with Gasteiger partial charge in [0.1, 0.15) is 6.07 Å². The smallest absolute Gasteiger partial charge is 0.270 e. The van der Waals surface area contributed by atoms with Gasteiger partial charge in [0, 0.05) is 17.8 Å². The second kappa shape index (κ2) is 6.18. The third-order valence-corrected chi connectivity index (χ3v) is 2.85. The summed E-state index contributed by atoms with van der Waals surface area (Å²) in [6, 6.07) is 15.3. The zero-order chi connectivity index (χ0) is 15.2. The highest BCUT2D eigenvalue weighted by Gasteiger charge is 2.10. The van der Waals surface area contributed by atoms with Crippen molar-refractivity contribution in [3.8, 4) is 12.1 Å². The molecular formula is C15H10N4O2. The Morgan fingerprint density at radius 1 is 1.14 bits per heavy atom. The lowest BCUT2D eigenvalue weighted by molar-refractivity contribution is -0.384. The molecule has 0 aliphatic heterocycles. The highest BCUT2D eigenvalue weighted by Crippen LogP contribution is 2.25. The van der Waals surface area contributed by atoms with Gasteiger partial charge in [0.25, 0.3) is 5.69 Å². The van der Waals surface area contributed by atoms with Crippen LogP contribution in [0, 0.1) is 32.8 Å². The summed E-state index contributed by atoms with van der Waals surface area (Å²) in [5, 5.41) is 31.4. The fraction of sp³-hybridized carbons (Fsp3) is 0.0667. The van der Waals surface area contributed by atoms with Gasteiger partial charge in [-0.05, 0) is 23.8 Å². The molecule has 0 aromatic heterocycles. The van der Waals surface area contributed by atoms with E-state index in [4.69, 9.17) is 10.5 Å². The molecule has 0 aliphatic carbocycles. The first-order chi connectivity index (χ1) is 10.1. The molecule has 0 radical (unpaired) electrons. The van der Waals surface area contributed by atoms with Crippen LogP contribution in [0.1, 0.15) is 11.1 Å². The van der Waals surface area contributed by atoms with Crippen molar-refractivity contribution in [1.82, 2.24) is 0 Å². The average Bonchev–Trinajstić information content (AvgIpc) is 2.49. The first-order valence-electron chi connectivity index (χ1n) is 6.05. The molecule has 6 nitrogen and oxygen atoms in total. The summed E-state index contributed by atoms with van der Waals surface area (Å²) in [7, 11) is 0. The van der Waals surface area contributed by atoms with Crippen molar-refractivity contribution >= 4 is 17.1 Å². The maximum Gasteiger partial charge on any atom is 0.270 e. The number of nitro benzene ring substituents is 1. The van der Waals surface area contributed by atoms with Gasteiger partial charge in [-0.1, -0.05) is 12.1 Å². The molecule has 2 rings (SSSR count). The number of nitrogens with zero attached hydrogens (tertiary/aromatic N) is 3. The van der Waals surface area contributed by atoms with Crippen LogP contribution < -0.4 is 5.32 Å². The number of nitriles is 2. The fourth-order valence-electron chi connectivity index (χ4n) is 1.80. The Bertz CT molecular complexity index is 755. The van der Waals surface area contributed by atoms with Gasteiger partial charge in [-0.2, -0.15) is 10.5 Å². The van der Waals surface area contributed by atoms with E-state index in [1.165, 1.54) is 18.2 Å². The summed E-state index contributed by atoms with van der Waals surface area (Å²) in [5.74, 6) is 0. The van der Waals surface area contributed by atoms with Crippen molar-refractivity contribution in [2.45, 2.75) is 6.42 Å². The average molecular weight is 278 g/mol. The maximum absolute atomic E-state index is 10.7. The van der Waals surface area contributed by atoms with Crippen LogP contribution in [-0.4, -0.2) is 4.92 Å². The molecule has 0 amide bonds. The quantitative estimate of drug-likeness (QED) is 0.682. The Kier molecular flexibility index (Phi) is 4.13. The van der Waals surface area contributed by atoms with E-state index in [0.29, 0.717) is 12.1 Å². The van der Waals surface area contributed by atoms with Gasteiger partial charge in [-0.25, -0.2) is 0 Å². The van der Waals surface area contributed by atoms with Gasteiger partial charge in [-0.3, -0.25) is 10.1 Å². The Balaban J connectivity index is 2.25. The Morgan fingerprint density at radius 3 is 2.43 bits per heavy atom. The van der Waals surface area contributed by atoms with Crippen LogP contribution in [0.15, 0.2) is 42.5 Å². The van der Waals surface area contributed by atoms with E-state index in [9.17, 15) is 10.1 Å². The van der Waals surface area contributed by atoms with Crippen molar-refractivity contribution in [2.24, 2.45) is 0 Å². The number of nitro groups is 1. The molecule has 0 fully saturated rings. The van der Waals surface area contributed by atoms with Gasteiger partial charge in [-0.15, -0.1) is 0 Å². The van der Waals surface area contributed by atoms with E-state index in [0.717, 1.165) is 11.3 Å². The molecule has 2 aromatic carbocycles. The SMILES string of the molecule is N#CCc1ccc(Nc2ccc([N+](=O)[O-])cc2C#N)cc1. The molecule has 0 spiro atoms. The van der Waals surface area contributed by atoms with Crippen LogP contribution in [0.25, 0.3) is 0 Å². The molecule has 0 aliphatic rings. The minimum Gasteiger partial charge on any atom is -0.354 e. The first-order valence-corrected chi connectivity index (χ1v) is 6.05. The molecule has 0 heterocycles. The number of non-ortho nitro benzene ring substituents is 1. The lowest BCUT2D eigenvalue weighted by atomic mass is 10.1. The number of hydrogen-bond donors (Lipinski definition) is 1. The van der Waals surface area contributed by atoms with Crippen LogP contribution in [0.3, 0.4) is 0 Å². The largest absolute Gasteiger partial charge is 0.354 e. The fourth-order valence-corrected chi connectivity index (χ4v) is 1.80. The number of rotatable bonds is 4. The molecule has 6 heteroatoms. The van der Waals surface area contributed by atoms with E-state index in [-0.39, 0.29) is 11.3 Å². The van der Waals surface area contributed by atoms with Gasteiger partial charge < -0.3 is 5.32 Å². The predicted molar refractivity (Wildman–Crippen MR) is 76.9 cm³/mol. The molecule has 0 unspecified atom stereocenters. The molecule has 0 saturated heterocycles. The van der Waals surface area contributed by atoms with Crippen LogP contribution in [0.4, 0.5) is 17.1 Å². The van der Waals surface area contributed by atoms with E-state index in [2.05, 4.69) is 11.4 Å². The normalized spacial score (nSPS) is 9.43. The highest BCUT2D eigenvalue weighted by molar-refractivity contribution is 5.68. The van der Waals surface area contributed by atoms with Crippen LogP contribution in [-0.2, 0) is 6.42 Å². The second-order valence-electron chi connectivity index (χ2n) is 4.26. The standard InChI is InChI=1S/C15H10N4O2/c16-8-7-11-1-3-13(4-2-11)18-15-6-5-14(19(20)21)9-12(15)10-17/h1-6,9,18H,7H2. The lowest BCUT2D eigenvalue weighted by Gasteiger charge is -2.08. The molecular weight excluding hydrogens is 268 g/mol. The third kappa shape index (κ3) is 3.34. The predicted octanol–water partition coefficient (Wildman–Crippen LogP) is 3.28. The highest BCUT2D eigenvalue weighted by atomic mass is 16.6. The van der Waals surface area contributed by atoms with Gasteiger partial charge in [0.05, 0.1) is 28.7 Å². The minimum absolute atomic E-state index is 0.124. The Morgan fingerprint density at radius 2 is 1.86 bits per heavy atom. The van der Waals surface area contributed by atoms with Crippen LogP contribution in [0.2, 0.25) is 0 Å². The van der Waals surface area contributed by atoms with E-state index < -0.39 is 4.92 Å². The number of anilines is 2. The molecule has 0 saturated carbocycles. The van der Waals surface area contributed by atoms with Crippen molar-refractivity contribution in [1.29, 1.82) is 10.5 Å². The molecule has 2 aromatic rings. The van der Waals surface area contributed by atoms with E-state index in [1.807, 2.05) is 18.2 Å². The zero-order valence-corrected chi connectivity index (χ0v) is 10.9. The molecule has 0 atom stereocenters. The number of hydrogen-bond acceptors (Lipinski definition) is 5. The van der Waals surface area contributed by atoms with Crippen LogP contribution >= 0.6 is 0 Å². The summed E-state index contributed by atoms with van der Waals surface area (Å²) in [5.41, 5.74) is 2.21. The lowest BCUT2D eigenvalue weighted by Crippen LogP contribution is -1.96. The summed E-state index contributed by atoms with van der Waals surface area (Å²) in [6.45, 7) is 0. The van der Waals surface area contributed by atoms with Crippen molar-refractivity contribution in [2.75, 3.05) is 5.32 Å². The number of nitrogens with one attached hydrogen (secondary N) is 1. The minimum atomic E-state index is -0.540. The summed E-state index contributed by atoms with van der Waals surface area (Å²) >= 11 is 0. The topological polar surface area (TPSA) is 103 Å². The number of benzene rings is 2. The first kappa shape index (κ1) is 14.0. The van der Waals surface area contributed by atoms with E-state index in [1.54, 1.807) is 12.1 Å². The van der Waals surface area contributed by atoms with Gasteiger partial charge >= 0.3 is 0 Å². The maximum atomic E-state index is 10.7. The summed E-state index contributed by atoms with van der Waals surface area (Å²) in [4.78, 5) is 10.1. The molecule has 0 bridgehead atoms. The second-order valence-corrected chi connectivity index (χ2v) is 4.26. The van der Waals surface area contributed by atoms with Gasteiger partial charge in [0.15, 0.2) is 0 Å². The van der Waals surface area contributed by atoms with Crippen molar-refractivity contribution in [3.63, 3.8) is 0 Å². The summed E-state index contributed by atoms with van der Waals surface area (Å²) < 4.78 is 0. The molecule has 1 N–H and O–H groups in total. The Labute approximate surface area is 121 Å². The van der Waals surface area contributed by atoms with E-state index >= 15 is 0 Å². The third-order valence-electron chi connectivity index (χ3n) is 2.85. The molecule has 21 heavy (non-hydrogen) atoms. The zero-order valence-electron chi connectivity index (χ0n) is 10.9. The van der Waals surface area contributed by atoms with Crippen molar-refractivity contribution in [3.05, 3.63) is 63.7 Å². The van der Waals surface area contributed by atoms with Gasteiger partial charge in [0.2, 0.25) is 0 Å². The summed E-state index contributed by atoms with van der Waals surface area (Å²) in [6.07, 6.45) is 0.335. The van der Waals surface area contributed by atoms with Crippen molar-refractivity contribution < 1.29 is 4.92 Å². The molecule has 102 valence electrons. The Hall–Kier alpha value is -3.38. The van der Waals surface area contributed by atoms with Crippen LogP contribution in [0.5, 0.6) is 0 Å².